The van der Waals surface area contributed by atoms with Crippen LogP contribution in [0.1, 0.15) is 50.9 Å². The lowest BCUT2D eigenvalue weighted by Gasteiger charge is -2.06. The molecule has 0 aliphatic carbocycles. The molecular weight excluding hydrogens is 360 g/mol. The number of hydrogen-bond donors (Lipinski definition) is 1. The monoisotopic (exact) mass is 386 g/mol. The van der Waals surface area contributed by atoms with Crippen molar-refractivity contribution in [1.29, 1.82) is 0 Å². The number of hydrogen-bond acceptors (Lipinski definition) is 4. The van der Waals surface area contributed by atoms with Crippen LogP contribution in [0.25, 0.3) is 11.2 Å². The Bertz CT molecular complexity index is 1040. The summed E-state index contributed by atoms with van der Waals surface area (Å²) in [4.78, 5) is 32.7. The van der Waals surface area contributed by atoms with E-state index in [1.54, 1.807) is 20.9 Å². The minimum atomic E-state index is -0.387. The molecule has 0 radical (unpaired) electrons. The molecule has 3 aromatic rings. The largest absolute Gasteiger partial charge is 0.330 e. The van der Waals surface area contributed by atoms with E-state index in [9.17, 15) is 9.59 Å². The van der Waals surface area contributed by atoms with Crippen LogP contribution < -0.4 is 11.2 Å². The van der Waals surface area contributed by atoms with Crippen molar-refractivity contribution in [3.05, 3.63) is 56.5 Å². The van der Waals surface area contributed by atoms with E-state index in [0.717, 1.165) is 23.6 Å². The fourth-order valence-corrected chi connectivity index (χ4v) is 3.92. The van der Waals surface area contributed by atoms with Gasteiger partial charge in [-0.05, 0) is 30.0 Å². The molecule has 0 amide bonds. The van der Waals surface area contributed by atoms with Crippen LogP contribution in [0.5, 0.6) is 0 Å². The van der Waals surface area contributed by atoms with Crippen molar-refractivity contribution in [2.24, 2.45) is 7.05 Å². The summed E-state index contributed by atoms with van der Waals surface area (Å²) >= 11 is 1.67. The summed E-state index contributed by atoms with van der Waals surface area (Å²) in [6.07, 6.45) is 1.83. The van der Waals surface area contributed by atoms with Crippen LogP contribution in [0.2, 0.25) is 0 Å². The summed E-state index contributed by atoms with van der Waals surface area (Å²) in [5, 5.41) is 0. The molecule has 0 unspecified atom stereocenters. The molecule has 2 heterocycles. The van der Waals surface area contributed by atoms with Crippen molar-refractivity contribution in [3.63, 3.8) is 0 Å². The smallest absolute Gasteiger partial charge is 0.325 e. The number of H-pyrrole nitrogens is 1. The highest BCUT2D eigenvalue weighted by molar-refractivity contribution is 7.98. The minimum Gasteiger partial charge on any atom is -0.325 e. The van der Waals surface area contributed by atoms with Crippen molar-refractivity contribution >= 4 is 22.9 Å². The summed E-state index contributed by atoms with van der Waals surface area (Å²) < 4.78 is 3.37. The number of nitrogens with one attached hydrogen (secondary N) is 1. The summed E-state index contributed by atoms with van der Waals surface area (Å²) in [5.74, 6) is 1.92. The Morgan fingerprint density at radius 3 is 2.52 bits per heavy atom. The first-order valence-electron chi connectivity index (χ1n) is 9.33. The molecule has 0 aliphatic heterocycles. The molecule has 0 saturated heterocycles. The molecular formula is C20H26N4O2S. The zero-order chi connectivity index (χ0) is 19.6. The van der Waals surface area contributed by atoms with E-state index in [2.05, 4.69) is 55.0 Å². The van der Waals surface area contributed by atoms with Gasteiger partial charge in [-0.3, -0.25) is 14.3 Å². The van der Waals surface area contributed by atoms with Crippen molar-refractivity contribution in [1.82, 2.24) is 19.1 Å². The molecule has 2 aromatic heterocycles. The molecule has 0 saturated carbocycles. The number of thioether (sulfide) groups is 1. The van der Waals surface area contributed by atoms with E-state index in [4.69, 9.17) is 0 Å². The van der Waals surface area contributed by atoms with Crippen LogP contribution in [0.4, 0.5) is 0 Å². The number of aromatic amines is 1. The standard InChI is InChI=1S/C20H26N4O2S/c1-5-6-11-24-18-17(19(25)22-20(24)26)23(4)16(21-18)12-27-15-9-7-14(8-10-15)13(2)3/h7-10,13H,5-6,11-12H2,1-4H3,(H,22,25,26). The molecule has 0 spiro atoms. The third-order valence-electron chi connectivity index (χ3n) is 4.76. The number of aromatic nitrogens is 4. The molecule has 0 bridgehead atoms. The van der Waals surface area contributed by atoms with E-state index in [-0.39, 0.29) is 11.2 Å². The maximum Gasteiger partial charge on any atom is 0.330 e. The van der Waals surface area contributed by atoms with Gasteiger partial charge in [0.1, 0.15) is 5.82 Å². The molecule has 7 heteroatoms. The Hall–Kier alpha value is -2.28. The second-order valence-electron chi connectivity index (χ2n) is 7.04. The molecule has 1 aromatic carbocycles. The van der Waals surface area contributed by atoms with Gasteiger partial charge >= 0.3 is 5.69 Å². The van der Waals surface area contributed by atoms with Crippen molar-refractivity contribution in [2.45, 2.75) is 56.7 Å². The van der Waals surface area contributed by atoms with Gasteiger partial charge in [0.15, 0.2) is 11.2 Å². The molecule has 144 valence electrons. The number of benzene rings is 1. The second kappa shape index (κ2) is 8.17. The average molecular weight is 387 g/mol. The normalized spacial score (nSPS) is 11.6. The van der Waals surface area contributed by atoms with E-state index in [0.29, 0.717) is 29.4 Å². The maximum atomic E-state index is 12.3. The van der Waals surface area contributed by atoms with E-state index < -0.39 is 0 Å². The molecule has 0 aliphatic rings. The van der Waals surface area contributed by atoms with Gasteiger partial charge in [-0.15, -0.1) is 11.8 Å². The van der Waals surface area contributed by atoms with Crippen LogP contribution in [0.15, 0.2) is 38.8 Å². The predicted octanol–water partition coefficient (Wildman–Crippen LogP) is 3.64. The zero-order valence-corrected chi connectivity index (χ0v) is 17.1. The third-order valence-corrected chi connectivity index (χ3v) is 5.76. The minimum absolute atomic E-state index is 0.379. The van der Waals surface area contributed by atoms with E-state index >= 15 is 0 Å². The van der Waals surface area contributed by atoms with Gasteiger partial charge in [-0.25, -0.2) is 9.78 Å². The Balaban J connectivity index is 1.91. The van der Waals surface area contributed by atoms with Gasteiger partial charge in [0.05, 0.1) is 5.75 Å². The highest BCUT2D eigenvalue weighted by atomic mass is 32.2. The Kier molecular flexibility index (Phi) is 5.89. The van der Waals surface area contributed by atoms with Gasteiger partial charge < -0.3 is 4.57 Å². The van der Waals surface area contributed by atoms with Gasteiger partial charge in [0, 0.05) is 18.5 Å². The Morgan fingerprint density at radius 1 is 1.19 bits per heavy atom. The topological polar surface area (TPSA) is 72.7 Å². The Labute approximate surface area is 162 Å². The Morgan fingerprint density at radius 2 is 1.89 bits per heavy atom. The van der Waals surface area contributed by atoms with Crippen LogP contribution in [0.3, 0.4) is 0 Å². The SMILES string of the molecule is CCCCn1c(=O)[nH]c(=O)c2c1nc(CSc1ccc(C(C)C)cc1)n2C. The van der Waals surface area contributed by atoms with Gasteiger partial charge in [-0.2, -0.15) is 0 Å². The molecule has 27 heavy (non-hydrogen) atoms. The molecule has 3 rings (SSSR count). The lowest BCUT2D eigenvalue weighted by atomic mass is 10.0. The lowest BCUT2D eigenvalue weighted by molar-refractivity contribution is 0.613. The molecule has 1 N–H and O–H groups in total. The first kappa shape index (κ1) is 19.5. The predicted molar refractivity (Wildman–Crippen MR) is 111 cm³/mol. The summed E-state index contributed by atoms with van der Waals surface area (Å²) in [7, 11) is 1.83. The fraction of sp³-hybridized carbons (Fsp3) is 0.450. The maximum absolute atomic E-state index is 12.3. The van der Waals surface area contributed by atoms with Crippen molar-refractivity contribution in [3.8, 4) is 0 Å². The summed E-state index contributed by atoms with van der Waals surface area (Å²) in [6.45, 7) is 6.98. The van der Waals surface area contributed by atoms with Gasteiger partial charge in [0.2, 0.25) is 0 Å². The zero-order valence-electron chi connectivity index (χ0n) is 16.3. The van der Waals surface area contributed by atoms with Crippen LogP contribution >= 0.6 is 11.8 Å². The number of aryl methyl sites for hydroxylation is 2. The second-order valence-corrected chi connectivity index (χ2v) is 8.08. The van der Waals surface area contributed by atoms with E-state index in [1.165, 1.54) is 5.56 Å². The van der Waals surface area contributed by atoms with Gasteiger partial charge in [0.25, 0.3) is 5.56 Å². The number of rotatable bonds is 7. The average Bonchev–Trinajstić information content (AvgIpc) is 2.97. The first-order chi connectivity index (χ1) is 12.9. The highest BCUT2D eigenvalue weighted by Crippen LogP contribution is 2.25. The fourth-order valence-electron chi connectivity index (χ4n) is 3.04. The quantitative estimate of drug-likeness (QED) is 0.629. The van der Waals surface area contributed by atoms with Crippen LogP contribution in [0, 0.1) is 0 Å². The summed E-state index contributed by atoms with van der Waals surface area (Å²) in [5.41, 5.74) is 1.48. The number of fused-ring (bicyclic) bond motifs is 1. The van der Waals surface area contributed by atoms with Crippen molar-refractivity contribution in [2.75, 3.05) is 0 Å². The number of unbranched alkanes of at least 4 members (excludes halogenated alkanes) is 1. The van der Waals surface area contributed by atoms with Crippen LogP contribution in [-0.4, -0.2) is 19.1 Å². The van der Waals surface area contributed by atoms with Gasteiger partial charge in [-0.1, -0.05) is 39.3 Å². The number of nitrogens with zero attached hydrogens (tertiary/aromatic N) is 3. The third kappa shape index (κ3) is 4.03. The van der Waals surface area contributed by atoms with Crippen LogP contribution in [-0.2, 0) is 19.3 Å². The van der Waals surface area contributed by atoms with Crippen molar-refractivity contribution < 1.29 is 0 Å². The first-order valence-corrected chi connectivity index (χ1v) is 10.3. The lowest BCUT2D eigenvalue weighted by Crippen LogP contribution is -2.31. The highest BCUT2D eigenvalue weighted by Gasteiger charge is 2.16. The molecule has 6 nitrogen and oxygen atoms in total. The number of imidazole rings is 1. The summed E-state index contributed by atoms with van der Waals surface area (Å²) in [6, 6.07) is 8.53. The molecule has 0 atom stereocenters. The molecule has 0 fully saturated rings. The van der Waals surface area contributed by atoms with E-state index in [1.807, 2.05) is 7.05 Å².